The number of esters is 4. The zero-order chi connectivity index (χ0) is 61.3. The second-order valence-electron chi connectivity index (χ2n) is 23.4. The van der Waals surface area contributed by atoms with Crippen LogP contribution in [0.5, 0.6) is 0 Å². The molecule has 0 aliphatic rings. The predicted octanol–water partition coefficient (Wildman–Crippen LogP) is 17.8. The number of aliphatic hydroxyl groups excluding tert-OH is 1. The van der Waals surface area contributed by atoms with Gasteiger partial charge in [-0.3, -0.25) is 37.3 Å². The Morgan fingerprint density at radius 3 is 0.855 bits per heavy atom. The molecule has 0 heterocycles. The summed E-state index contributed by atoms with van der Waals surface area (Å²) in [6.45, 7) is 7.02. The highest BCUT2D eigenvalue weighted by Gasteiger charge is 2.30. The molecule has 0 bridgehead atoms. The third kappa shape index (κ3) is 57.6. The van der Waals surface area contributed by atoms with Crippen LogP contribution >= 0.6 is 15.6 Å². The monoisotopic (exact) mass is 1230 g/mol. The molecular formula is C64H124O17P2. The van der Waals surface area contributed by atoms with Gasteiger partial charge in [-0.15, -0.1) is 0 Å². The lowest BCUT2D eigenvalue weighted by molar-refractivity contribution is -0.161. The van der Waals surface area contributed by atoms with Gasteiger partial charge in [-0.05, 0) is 31.6 Å². The molecule has 0 fully saturated rings. The smallest absolute Gasteiger partial charge is 0.462 e. The van der Waals surface area contributed by atoms with E-state index in [0.717, 1.165) is 121 Å². The van der Waals surface area contributed by atoms with Crippen LogP contribution in [0.25, 0.3) is 0 Å². The fourth-order valence-electron chi connectivity index (χ4n) is 9.55. The van der Waals surface area contributed by atoms with Crippen molar-refractivity contribution in [2.75, 3.05) is 39.6 Å². The Kier molecular flexibility index (Phi) is 56.4. The van der Waals surface area contributed by atoms with Crippen LogP contribution in [0.1, 0.15) is 324 Å². The lowest BCUT2D eigenvalue weighted by Gasteiger charge is -2.21. The maximum absolute atomic E-state index is 13.0. The molecule has 0 aliphatic carbocycles. The summed E-state index contributed by atoms with van der Waals surface area (Å²) in [7, 11) is -9.87. The first kappa shape index (κ1) is 81.1. The molecule has 0 spiro atoms. The minimum atomic E-state index is -4.94. The SMILES string of the molecule is CCCCCCCCCCCCCCCCCCCCCCCC(=O)O[C@H](COC(=O)CCCCCCCCC(C)CC)COP(=O)(O)OC[C@@H](O)COP(=O)(O)OC[C@@H](COC(=O)CCCCCCC)OC(=O)CCCCCCCCC. The van der Waals surface area contributed by atoms with Gasteiger partial charge in [0.05, 0.1) is 26.4 Å². The topological polar surface area (TPSA) is 237 Å². The van der Waals surface area contributed by atoms with Crippen molar-refractivity contribution in [2.24, 2.45) is 5.92 Å². The van der Waals surface area contributed by atoms with Crippen molar-refractivity contribution in [3.63, 3.8) is 0 Å². The van der Waals surface area contributed by atoms with Crippen molar-refractivity contribution < 1.29 is 80.2 Å². The van der Waals surface area contributed by atoms with Crippen LogP contribution in [0.4, 0.5) is 0 Å². The molecule has 0 saturated heterocycles. The molecule has 0 aromatic heterocycles. The quantitative estimate of drug-likeness (QED) is 0.0222. The number of phosphoric ester groups is 2. The normalized spacial score (nSPS) is 14.6. The maximum Gasteiger partial charge on any atom is 0.472 e. The molecule has 0 rings (SSSR count). The van der Waals surface area contributed by atoms with E-state index in [1.54, 1.807) is 0 Å². The lowest BCUT2D eigenvalue weighted by Crippen LogP contribution is -2.30. The van der Waals surface area contributed by atoms with Crippen molar-refractivity contribution in [3.05, 3.63) is 0 Å². The number of rotatable bonds is 64. The van der Waals surface area contributed by atoms with E-state index in [1.807, 2.05) is 0 Å². The highest BCUT2D eigenvalue weighted by atomic mass is 31.2. The van der Waals surface area contributed by atoms with E-state index in [-0.39, 0.29) is 25.7 Å². The van der Waals surface area contributed by atoms with Gasteiger partial charge in [0.15, 0.2) is 12.2 Å². The van der Waals surface area contributed by atoms with Crippen LogP contribution in [0.3, 0.4) is 0 Å². The minimum Gasteiger partial charge on any atom is -0.462 e. The van der Waals surface area contributed by atoms with Gasteiger partial charge in [-0.2, -0.15) is 0 Å². The number of ether oxygens (including phenoxy) is 4. The van der Waals surface area contributed by atoms with Crippen LogP contribution in [0.2, 0.25) is 0 Å². The summed E-state index contributed by atoms with van der Waals surface area (Å²) in [5.41, 5.74) is 0. The van der Waals surface area contributed by atoms with E-state index in [4.69, 9.17) is 37.0 Å². The standard InChI is InChI=1S/C64H124O17P2/c1-6-10-13-16-18-19-20-21-22-23-24-25-26-27-28-29-30-31-33-40-45-50-64(69)81-60(54-75-62(67)48-43-38-35-34-37-41-46-57(5)9-4)56-79-83(72,73)77-52-58(65)51-76-82(70,71)78-55-59(53-74-61(66)47-42-36-15-12-8-3)80-63(68)49-44-39-32-17-14-11-7-2/h57-60,65H,6-56H2,1-5H3,(H,70,71)(H,72,73)/t57?,58-,59+,60+/m0/s1. The Labute approximate surface area is 505 Å². The molecule has 0 aromatic rings. The highest BCUT2D eigenvalue weighted by Crippen LogP contribution is 2.45. The van der Waals surface area contributed by atoms with Crippen LogP contribution in [-0.2, 0) is 65.4 Å². The van der Waals surface area contributed by atoms with Crippen molar-refractivity contribution in [3.8, 4) is 0 Å². The zero-order valence-corrected chi connectivity index (χ0v) is 55.1. The van der Waals surface area contributed by atoms with Crippen LogP contribution < -0.4 is 0 Å². The zero-order valence-electron chi connectivity index (χ0n) is 53.3. The van der Waals surface area contributed by atoms with Gasteiger partial charge >= 0.3 is 39.5 Å². The fourth-order valence-corrected chi connectivity index (χ4v) is 11.1. The molecule has 0 amide bonds. The molecule has 0 aliphatic heterocycles. The first-order valence-corrected chi connectivity index (χ1v) is 36.7. The Hall–Kier alpha value is -1.94. The Balaban J connectivity index is 5.05. The van der Waals surface area contributed by atoms with Crippen molar-refractivity contribution >= 4 is 39.5 Å². The van der Waals surface area contributed by atoms with Crippen molar-refractivity contribution in [1.29, 1.82) is 0 Å². The van der Waals surface area contributed by atoms with Gasteiger partial charge in [-0.25, -0.2) is 9.13 Å². The van der Waals surface area contributed by atoms with Gasteiger partial charge in [0.1, 0.15) is 19.3 Å². The molecule has 17 nitrogen and oxygen atoms in total. The number of aliphatic hydroxyl groups is 1. The average Bonchev–Trinajstić information content (AvgIpc) is 3.48. The highest BCUT2D eigenvalue weighted by molar-refractivity contribution is 7.47. The number of hydrogen-bond donors (Lipinski definition) is 3. The second-order valence-corrected chi connectivity index (χ2v) is 26.3. The first-order chi connectivity index (χ1) is 40.1. The third-order valence-electron chi connectivity index (χ3n) is 15.1. The van der Waals surface area contributed by atoms with E-state index in [9.17, 15) is 43.2 Å². The van der Waals surface area contributed by atoms with Crippen LogP contribution in [0, 0.1) is 5.92 Å². The molecule has 6 atom stereocenters. The van der Waals surface area contributed by atoms with E-state index in [0.29, 0.717) is 25.7 Å². The molecule has 0 aromatic carbocycles. The molecule has 492 valence electrons. The van der Waals surface area contributed by atoms with Gasteiger partial charge in [-0.1, -0.05) is 272 Å². The minimum absolute atomic E-state index is 0.103. The largest absolute Gasteiger partial charge is 0.472 e. The molecule has 3 N–H and O–H groups in total. The predicted molar refractivity (Wildman–Crippen MR) is 331 cm³/mol. The van der Waals surface area contributed by atoms with E-state index < -0.39 is 97.5 Å². The molecule has 0 radical (unpaired) electrons. The fraction of sp³-hybridized carbons (Fsp3) is 0.938. The summed E-state index contributed by atoms with van der Waals surface area (Å²) in [5.74, 6) is -1.42. The summed E-state index contributed by atoms with van der Waals surface area (Å²) in [6.07, 6.45) is 42.5. The first-order valence-electron chi connectivity index (χ1n) is 33.7. The number of carbonyl (C=O) groups excluding carboxylic acids is 4. The number of unbranched alkanes of at least 4 members (excludes halogenated alkanes) is 35. The van der Waals surface area contributed by atoms with Gasteiger partial charge in [0.2, 0.25) is 0 Å². The lowest BCUT2D eigenvalue weighted by atomic mass is 10.00. The maximum atomic E-state index is 13.0. The summed E-state index contributed by atoms with van der Waals surface area (Å²) >= 11 is 0. The van der Waals surface area contributed by atoms with Crippen LogP contribution in [-0.4, -0.2) is 96.7 Å². The number of phosphoric acid groups is 2. The Bertz CT molecular complexity index is 1620. The van der Waals surface area contributed by atoms with E-state index in [2.05, 4.69) is 34.6 Å². The second kappa shape index (κ2) is 57.8. The molecule has 3 unspecified atom stereocenters. The average molecular weight is 1230 g/mol. The number of hydrogen-bond acceptors (Lipinski definition) is 15. The Morgan fingerprint density at radius 1 is 0.337 bits per heavy atom. The van der Waals surface area contributed by atoms with Crippen molar-refractivity contribution in [1.82, 2.24) is 0 Å². The summed E-state index contributed by atoms with van der Waals surface area (Å²) in [5, 5.41) is 10.5. The van der Waals surface area contributed by atoms with E-state index >= 15 is 0 Å². The molecule has 19 heteroatoms. The summed E-state index contributed by atoms with van der Waals surface area (Å²) in [6, 6.07) is 0. The third-order valence-corrected chi connectivity index (χ3v) is 17.0. The van der Waals surface area contributed by atoms with Crippen molar-refractivity contribution in [2.45, 2.75) is 342 Å². The van der Waals surface area contributed by atoms with Gasteiger partial charge in [0, 0.05) is 25.7 Å². The summed E-state index contributed by atoms with van der Waals surface area (Å²) < 4.78 is 67.6. The molecule has 83 heavy (non-hydrogen) atoms. The van der Waals surface area contributed by atoms with Gasteiger partial charge in [0.25, 0.3) is 0 Å². The van der Waals surface area contributed by atoms with Gasteiger partial charge < -0.3 is 33.8 Å². The summed E-state index contributed by atoms with van der Waals surface area (Å²) in [4.78, 5) is 71.8. The Morgan fingerprint density at radius 2 is 0.578 bits per heavy atom. The van der Waals surface area contributed by atoms with E-state index in [1.165, 1.54) is 122 Å². The molecule has 0 saturated carbocycles. The van der Waals surface area contributed by atoms with Crippen LogP contribution in [0.15, 0.2) is 0 Å². The molecular weight excluding hydrogens is 1100 g/mol. The number of carbonyl (C=O) groups is 4.